The number of hydrogen-bond donors (Lipinski definition) is 2. The van der Waals surface area contributed by atoms with E-state index in [0.717, 1.165) is 11.1 Å². The maximum Gasteiger partial charge on any atom is 0.335 e. The fourth-order valence-electron chi connectivity index (χ4n) is 4.15. The summed E-state index contributed by atoms with van der Waals surface area (Å²) in [6, 6.07) is 12.3. The van der Waals surface area contributed by atoms with Crippen molar-refractivity contribution in [1.82, 2.24) is 19.5 Å². The zero-order chi connectivity index (χ0) is 26.0. The number of anilines is 1. The van der Waals surface area contributed by atoms with Crippen LogP contribution in [0.15, 0.2) is 42.5 Å². The summed E-state index contributed by atoms with van der Waals surface area (Å²) in [6.45, 7) is 4.21. The van der Waals surface area contributed by atoms with Gasteiger partial charge in [0.25, 0.3) is 0 Å². The van der Waals surface area contributed by atoms with Crippen LogP contribution in [-0.2, 0) is 13.1 Å². The molecule has 4 rings (SSSR count). The number of ether oxygens (including phenoxy) is 2. The number of imidazole rings is 1. The van der Waals surface area contributed by atoms with Crippen molar-refractivity contribution in [2.24, 2.45) is 0 Å². The Hall–Kier alpha value is -4.18. The number of fused-ring (bicyclic) bond motifs is 1. The smallest absolute Gasteiger partial charge is 0.335 e. The molecule has 0 aliphatic carbocycles. The molecular weight excluding hydrogens is 462 g/mol. The number of nitrogens with zero attached hydrogens (tertiary/aromatic N) is 5. The Labute approximate surface area is 208 Å². The molecule has 0 saturated heterocycles. The average molecular weight is 492 g/mol. The standard InChI is InChI=1S/C26H29N5O5/c1-15(32)23-29-22-24(30(3)14-19-9-10-20(35-4)12-21(19)36-5)27-16(2)28-25(22)31(23)13-17-7-6-8-18(11-17)26(33)34/h6-12,15,32H,13-14H2,1-5H3,(H,33,34). The minimum absolute atomic E-state index is 0.190. The van der Waals surface area contributed by atoms with E-state index in [-0.39, 0.29) is 5.56 Å². The predicted octanol–water partition coefficient (Wildman–Crippen LogP) is 3.59. The predicted molar refractivity (Wildman–Crippen MR) is 135 cm³/mol. The lowest BCUT2D eigenvalue weighted by molar-refractivity contribution is 0.0696. The highest BCUT2D eigenvalue weighted by Gasteiger charge is 2.22. The lowest BCUT2D eigenvalue weighted by Crippen LogP contribution is -2.19. The number of carboxylic acid groups (broad SMARTS) is 1. The van der Waals surface area contributed by atoms with Crippen molar-refractivity contribution in [3.05, 3.63) is 70.8 Å². The summed E-state index contributed by atoms with van der Waals surface area (Å²) in [4.78, 5) is 27.4. The van der Waals surface area contributed by atoms with Crippen LogP contribution in [0.5, 0.6) is 11.5 Å². The number of carbonyl (C=O) groups is 1. The van der Waals surface area contributed by atoms with Gasteiger partial charge in [0.15, 0.2) is 17.0 Å². The molecule has 1 unspecified atom stereocenters. The van der Waals surface area contributed by atoms with Crippen molar-refractivity contribution in [2.45, 2.75) is 33.0 Å². The number of benzene rings is 2. The number of aryl methyl sites for hydroxylation is 1. The first-order valence-corrected chi connectivity index (χ1v) is 11.4. The zero-order valence-corrected chi connectivity index (χ0v) is 20.9. The average Bonchev–Trinajstić information content (AvgIpc) is 3.22. The fourth-order valence-corrected chi connectivity index (χ4v) is 4.15. The number of rotatable bonds is 9. The van der Waals surface area contributed by atoms with Crippen LogP contribution < -0.4 is 14.4 Å². The first-order chi connectivity index (χ1) is 17.2. The summed E-state index contributed by atoms with van der Waals surface area (Å²) < 4.78 is 12.7. The molecule has 0 saturated carbocycles. The molecule has 0 bridgehead atoms. The van der Waals surface area contributed by atoms with E-state index in [4.69, 9.17) is 14.5 Å². The Balaban J connectivity index is 1.78. The quantitative estimate of drug-likeness (QED) is 0.362. The minimum Gasteiger partial charge on any atom is -0.497 e. The Morgan fingerprint density at radius 3 is 2.56 bits per heavy atom. The van der Waals surface area contributed by atoms with E-state index >= 15 is 0 Å². The maximum absolute atomic E-state index is 11.4. The highest BCUT2D eigenvalue weighted by Crippen LogP contribution is 2.30. The van der Waals surface area contributed by atoms with Gasteiger partial charge in [-0.3, -0.25) is 0 Å². The van der Waals surface area contributed by atoms with Crippen molar-refractivity contribution in [2.75, 3.05) is 26.2 Å². The van der Waals surface area contributed by atoms with Crippen LogP contribution in [0, 0.1) is 6.92 Å². The van der Waals surface area contributed by atoms with E-state index in [2.05, 4.69) is 9.97 Å². The third-order valence-corrected chi connectivity index (χ3v) is 5.87. The molecular formula is C26H29N5O5. The highest BCUT2D eigenvalue weighted by atomic mass is 16.5. The molecule has 1 atom stereocenters. The van der Waals surface area contributed by atoms with Gasteiger partial charge in [0.1, 0.15) is 29.3 Å². The van der Waals surface area contributed by atoms with Crippen molar-refractivity contribution in [1.29, 1.82) is 0 Å². The number of aliphatic hydroxyl groups excluding tert-OH is 1. The van der Waals surface area contributed by atoms with Crippen LogP contribution in [0.1, 0.15) is 46.2 Å². The summed E-state index contributed by atoms with van der Waals surface area (Å²) in [5.74, 6) is 1.96. The molecule has 4 aromatic rings. The normalized spacial score (nSPS) is 11.9. The first kappa shape index (κ1) is 24.9. The summed E-state index contributed by atoms with van der Waals surface area (Å²) in [5, 5.41) is 19.9. The van der Waals surface area contributed by atoms with Crippen LogP contribution in [-0.4, -0.2) is 57.0 Å². The van der Waals surface area contributed by atoms with Crippen molar-refractivity contribution >= 4 is 23.0 Å². The van der Waals surface area contributed by atoms with Crippen LogP contribution >= 0.6 is 0 Å². The SMILES string of the molecule is COc1ccc(CN(C)c2nc(C)nc3c2nc(C(C)O)n3Cc2cccc(C(=O)O)c2)c(OC)c1. The monoisotopic (exact) mass is 491 g/mol. The second kappa shape index (κ2) is 10.2. The van der Waals surface area contributed by atoms with Gasteiger partial charge in [-0.2, -0.15) is 0 Å². The van der Waals surface area contributed by atoms with Gasteiger partial charge in [-0.15, -0.1) is 0 Å². The number of carboxylic acids is 1. The maximum atomic E-state index is 11.4. The zero-order valence-electron chi connectivity index (χ0n) is 20.9. The van der Waals surface area contributed by atoms with E-state index in [1.54, 1.807) is 50.8 Å². The van der Waals surface area contributed by atoms with Gasteiger partial charge in [0.05, 0.1) is 26.3 Å². The summed E-state index contributed by atoms with van der Waals surface area (Å²) in [5.41, 5.74) is 2.98. The van der Waals surface area contributed by atoms with Gasteiger partial charge in [-0.05, 0) is 43.7 Å². The lowest BCUT2D eigenvalue weighted by Gasteiger charge is -2.20. The second-order valence-corrected chi connectivity index (χ2v) is 8.54. The van der Waals surface area contributed by atoms with Gasteiger partial charge in [-0.25, -0.2) is 19.7 Å². The molecule has 0 spiro atoms. The number of aromatic nitrogens is 4. The van der Waals surface area contributed by atoms with Crippen molar-refractivity contribution in [3.8, 4) is 11.5 Å². The van der Waals surface area contributed by atoms with E-state index in [9.17, 15) is 15.0 Å². The molecule has 0 fully saturated rings. The summed E-state index contributed by atoms with van der Waals surface area (Å²) in [7, 11) is 5.12. The highest BCUT2D eigenvalue weighted by molar-refractivity contribution is 5.88. The van der Waals surface area contributed by atoms with Gasteiger partial charge in [-0.1, -0.05) is 12.1 Å². The lowest BCUT2D eigenvalue weighted by atomic mass is 10.1. The molecule has 0 amide bonds. The third-order valence-electron chi connectivity index (χ3n) is 5.87. The fraction of sp³-hybridized carbons (Fsp3) is 0.308. The van der Waals surface area contributed by atoms with Gasteiger partial charge in [0, 0.05) is 25.2 Å². The van der Waals surface area contributed by atoms with E-state index in [1.807, 2.05) is 36.2 Å². The van der Waals surface area contributed by atoms with Crippen LogP contribution in [0.2, 0.25) is 0 Å². The van der Waals surface area contributed by atoms with E-state index < -0.39 is 12.1 Å². The summed E-state index contributed by atoms with van der Waals surface area (Å²) >= 11 is 0. The van der Waals surface area contributed by atoms with Crippen molar-refractivity contribution in [3.63, 3.8) is 0 Å². The molecule has 0 aliphatic heterocycles. The molecule has 2 aromatic carbocycles. The first-order valence-electron chi connectivity index (χ1n) is 11.4. The molecule has 188 valence electrons. The summed E-state index contributed by atoms with van der Waals surface area (Å²) in [6.07, 6.45) is -0.873. The van der Waals surface area contributed by atoms with Gasteiger partial charge < -0.3 is 29.2 Å². The Morgan fingerprint density at radius 1 is 1.11 bits per heavy atom. The Bertz CT molecular complexity index is 1420. The topological polar surface area (TPSA) is 123 Å². The van der Waals surface area contributed by atoms with Crippen LogP contribution in [0.3, 0.4) is 0 Å². The molecule has 10 heteroatoms. The molecule has 2 heterocycles. The molecule has 2 aromatic heterocycles. The third kappa shape index (κ3) is 4.94. The Kier molecular flexibility index (Phi) is 7.07. The number of hydrogen-bond acceptors (Lipinski definition) is 8. The molecule has 36 heavy (non-hydrogen) atoms. The second-order valence-electron chi connectivity index (χ2n) is 8.54. The number of aromatic carboxylic acids is 1. The largest absolute Gasteiger partial charge is 0.497 e. The molecule has 0 radical (unpaired) electrons. The van der Waals surface area contributed by atoms with E-state index in [0.29, 0.717) is 53.2 Å². The Morgan fingerprint density at radius 2 is 1.89 bits per heavy atom. The van der Waals surface area contributed by atoms with Crippen LogP contribution in [0.4, 0.5) is 5.82 Å². The van der Waals surface area contributed by atoms with Gasteiger partial charge in [0.2, 0.25) is 0 Å². The number of aliphatic hydroxyl groups is 1. The molecule has 2 N–H and O–H groups in total. The van der Waals surface area contributed by atoms with Crippen molar-refractivity contribution < 1.29 is 24.5 Å². The molecule has 10 nitrogen and oxygen atoms in total. The minimum atomic E-state index is -1.00. The molecule has 0 aliphatic rings. The van der Waals surface area contributed by atoms with Crippen LogP contribution in [0.25, 0.3) is 11.2 Å². The number of methoxy groups -OCH3 is 2. The van der Waals surface area contributed by atoms with E-state index in [1.165, 1.54) is 0 Å². The van der Waals surface area contributed by atoms with Gasteiger partial charge >= 0.3 is 5.97 Å².